The fourth-order valence-corrected chi connectivity index (χ4v) is 5.67. The van der Waals surface area contributed by atoms with Gasteiger partial charge >= 0.3 is 0 Å². The van der Waals surface area contributed by atoms with E-state index in [0.29, 0.717) is 22.4 Å². The van der Waals surface area contributed by atoms with Crippen molar-refractivity contribution in [3.05, 3.63) is 59.6 Å². The average Bonchev–Trinajstić information content (AvgIpc) is 3.51. The molecule has 0 saturated carbocycles. The molecular formula is C28H32N6O2S. The zero-order chi connectivity index (χ0) is 26.1. The van der Waals surface area contributed by atoms with E-state index in [1.54, 1.807) is 6.20 Å². The molecule has 1 saturated heterocycles. The van der Waals surface area contributed by atoms with E-state index < -0.39 is 5.91 Å². The van der Waals surface area contributed by atoms with Gasteiger partial charge in [-0.2, -0.15) is 0 Å². The molecule has 0 aliphatic carbocycles. The first-order chi connectivity index (χ1) is 17.8. The highest BCUT2D eigenvalue weighted by Gasteiger charge is 2.25. The lowest BCUT2D eigenvalue weighted by atomic mass is 10.1. The van der Waals surface area contributed by atoms with Crippen LogP contribution in [0, 0.1) is 0 Å². The van der Waals surface area contributed by atoms with Gasteiger partial charge in [0.05, 0.1) is 28.2 Å². The fourth-order valence-electron chi connectivity index (χ4n) is 4.68. The van der Waals surface area contributed by atoms with Gasteiger partial charge in [-0.15, -0.1) is 11.3 Å². The van der Waals surface area contributed by atoms with E-state index in [4.69, 9.17) is 15.5 Å². The molecule has 1 unspecified atom stereocenters. The molecule has 3 N–H and O–H groups in total. The number of fused-ring (bicyclic) bond motifs is 1. The Labute approximate surface area is 221 Å². The number of amides is 1. The highest BCUT2D eigenvalue weighted by molar-refractivity contribution is 7.21. The number of hydrogen-bond donors (Lipinski definition) is 2. The molecule has 1 aliphatic rings. The lowest BCUT2D eigenvalue weighted by Gasteiger charge is -2.23. The van der Waals surface area contributed by atoms with Gasteiger partial charge in [0.15, 0.2) is 0 Å². The normalized spacial score (nSPS) is 15.6. The van der Waals surface area contributed by atoms with Crippen LogP contribution in [0.4, 0.5) is 17.3 Å². The number of nitrogens with one attached hydrogen (secondary N) is 1. The summed E-state index contributed by atoms with van der Waals surface area (Å²) >= 11 is 1.31. The second kappa shape index (κ2) is 10.4. The van der Waals surface area contributed by atoms with Gasteiger partial charge in [0.25, 0.3) is 5.91 Å². The molecule has 1 fully saturated rings. The number of ether oxygens (including phenoxy) is 1. The minimum absolute atomic E-state index is 0.00646. The van der Waals surface area contributed by atoms with Gasteiger partial charge in [-0.25, -0.2) is 9.97 Å². The Morgan fingerprint density at radius 3 is 2.68 bits per heavy atom. The van der Waals surface area contributed by atoms with Gasteiger partial charge in [-0.05, 0) is 52.1 Å². The molecule has 37 heavy (non-hydrogen) atoms. The van der Waals surface area contributed by atoms with Crippen LogP contribution in [0.25, 0.3) is 21.3 Å². The minimum Gasteiger partial charge on any atom is -0.489 e. The second-order valence-corrected chi connectivity index (χ2v) is 10.8. The Morgan fingerprint density at radius 2 is 2.00 bits per heavy atom. The van der Waals surface area contributed by atoms with Gasteiger partial charge in [-0.3, -0.25) is 4.79 Å². The molecule has 3 heterocycles. The topological polar surface area (TPSA) is 96.6 Å². The number of nitrogens with two attached hydrogens (primary N) is 1. The number of hydrogen-bond acceptors (Lipinski definition) is 8. The molecule has 5 rings (SSSR count). The third kappa shape index (κ3) is 5.23. The third-order valence-corrected chi connectivity index (χ3v) is 7.68. The summed E-state index contributed by atoms with van der Waals surface area (Å²) in [6.45, 7) is 6.03. The fraction of sp³-hybridized carbons (Fsp3) is 0.321. The van der Waals surface area contributed by atoms with Crippen LogP contribution in [0.2, 0.25) is 0 Å². The molecular weight excluding hydrogens is 484 g/mol. The van der Waals surface area contributed by atoms with E-state index in [-0.39, 0.29) is 6.10 Å². The van der Waals surface area contributed by atoms with Crippen LogP contribution in [0.3, 0.4) is 0 Å². The van der Waals surface area contributed by atoms with E-state index in [0.717, 1.165) is 52.5 Å². The van der Waals surface area contributed by atoms with Gasteiger partial charge < -0.3 is 25.6 Å². The standard InChI is InChI=1S/C28H32N6O2S/c1-17(2)36-22-14-19(34-13-12-20(16-34)33(3)4)10-11-21(22)31-28-30-15-23-25(32-28)24(26(37-23)27(29)35)18-8-6-5-7-9-18/h5-11,14-15,17,20H,12-13,16H2,1-4H3,(H2,29,35)(H,30,31,32). The lowest BCUT2D eigenvalue weighted by molar-refractivity contribution is 0.100. The predicted octanol–water partition coefficient (Wildman–Crippen LogP) is 5.13. The number of benzene rings is 2. The zero-order valence-corrected chi connectivity index (χ0v) is 22.4. The Bertz CT molecular complexity index is 1420. The van der Waals surface area contributed by atoms with E-state index in [9.17, 15) is 4.79 Å². The first-order valence-corrected chi connectivity index (χ1v) is 13.3. The maximum atomic E-state index is 12.2. The monoisotopic (exact) mass is 516 g/mol. The van der Waals surface area contributed by atoms with Crippen molar-refractivity contribution in [2.75, 3.05) is 37.4 Å². The largest absolute Gasteiger partial charge is 0.489 e. The summed E-state index contributed by atoms with van der Waals surface area (Å²) in [6, 6.07) is 16.5. The number of likely N-dealkylation sites (N-methyl/N-ethyl adjacent to an activating group) is 1. The first kappa shape index (κ1) is 25.0. The Hall–Kier alpha value is -3.69. The summed E-state index contributed by atoms with van der Waals surface area (Å²) in [4.78, 5) is 26.7. The lowest BCUT2D eigenvalue weighted by Crippen LogP contribution is -2.31. The number of rotatable bonds is 8. The molecule has 1 atom stereocenters. The SMILES string of the molecule is CC(C)Oc1cc(N2CCC(N(C)C)C2)ccc1Nc1ncc2sc(C(N)=O)c(-c3ccccc3)c2n1. The van der Waals surface area contributed by atoms with Crippen LogP contribution in [0.5, 0.6) is 5.75 Å². The van der Waals surface area contributed by atoms with Crippen molar-refractivity contribution in [1.29, 1.82) is 0 Å². The molecule has 4 aromatic rings. The Balaban J connectivity index is 1.50. The van der Waals surface area contributed by atoms with Crippen molar-refractivity contribution in [2.24, 2.45) is 5.73 Å². The predicted molar refractivity (Wildman–Crippen MR) is 151 cm³/mol. The van der Waals surface area contributed by atoms with E-state index in [1.807, 2.05) is 50.2 Å². The highest BCUT2D eigenvalue weighted by atomic mass is 32.1. The number of aromatic nitrogens is 2. The quantitative estimate of drug-likeness (QED) is 0.335. The highest BCUT2D eigenvalue weighted by Crippen LogP contribution is 2.39. The summed E-state index contributed by atoms with van der Waals surface area (Å²) in [7, 11) is 4.27. The number of carbonyl (C=O) groups is 1. The van der Waals surface area contributed by atoms with Crippen molar-refractivity contribution >= 4 is 44.8 Å². The molecule has 8 nitrogen and oxygen atoms in total. The molecule has 1 amide bonds. The number of primary amides is 1. The second-order valence-electron chi connectivity index (χ2n) is 9.77. The van der Waals surface area contributed by atoms with Crippen LogP contribution >= 0.6 is 11.3 Å². The third-order valence-electron chi connectivity index (χ3n) is 6.55. The minimum atomic E-state index is -0.474. The van der Waals surface area contributed by atoms with Crippen LogP contribution in [-0.2, 0) is 0 Å². The van der Waals surface area contributed by atoms with Crippen molar-refractivity contribution in [1.82, 2.24) is 14.9 Å². The average molecular weight is 517 g/mol. The summed E-state index contributed by atoms with van der Waals surface area (Å²) in [6.07, 6.45) is 2.88. The molecule has 2 aromatic heterocycles. The van der Waals surface area contributed by atoms with Crippen LogP contribution in [0.15, 0.2) is 54.7 Å². The molecule has 9 heteroatoms. The summed E-state index contributed by atoms with van der Waals surface area (Å²) in [5.41, 5.74) is 9.96. The van der Waals surface area contributed by atoms with Crippen LogP contribution < -0.4 is 20.7 Å². The molecule has 0 radical (unpaired) electrons. The van der Waals surface area contributed by atoms with E-state index in [1.165, 1.54) is 11.3 Å². The molecule has 192 valence electrons. The zero-order valence-electron chi connectivity index (χ0n) is 21.6. The molecule has 2 aromatic carbocycles. The smallest absolute Gasteiger partial charge is 0.259 e. The number of thiophene rings is 1. The van der Waals surface area contributed by atoms with Crippen molar-refractivity contribution < 1.29 is 9.53 Å². The number of carbonyl (C=O) groups excluding carboxylic acids is 1. The van der Waals surface area contributed by atoms with Crippen molar-refractivity contribution in [2.45, 2.75) is 32.4 Å². The van der Waals surface area contributed by atoms with Gasteiger partial charge in [0, 0.05) is 36.4 Å². The van der Waals surface area contributed by atoms with E-state index in [2.05, 4.69) is 46.3 Å². The van der Waals surface area contributed by atoms with Crippen LogP contribution in [-0.4, -0.2) is 60.1 Å². The van der Waals surface area contributed by atoms with Crippen molar-refractivity contribution in [3.63, 3.8) is 0 Å². The summed E-state index contributed by atoms with van der Waals surface area (Å²) < 4.78 is 7.00. The molecule has 0 bridgehead atoms. The number of nitrogens with zero attached hydrogens (tertiary/aromatic N) is 4. The summed E-state index contributed by atoms with van der Waals surface area (Å²) in [5.74, 6) is 0.697. The van der Waals surface area contributed by atoms with Crippen LogP contribution in [0.1, 0.15) is 29.9 Å². The maximum Gasteiger partial charge on any atom is 0.259 e. The molecule has 1 aliphatic heterocycles. The number of anilines is 3. The van der Waals surface area contributed by atoms with Crippen molar-refractivity contribution in [3.8, 4) is 16.9 Å². The van der Waals surface area contributed by atoms with Gasteiger partial charge in [0.1, 0.15) is 10.6 Å². The maximum absolute atomic E-state index is 12.2. The van der Waals surface area contributed by atoms with Gasteiger partial charge in [-0.1, -0.05) is 30.3 Å². The molecule has 0 spiro atoms. The Morgan fingerprint density at radius 1 is 1.22 bits per heavy atom. The first-order valence-electron chi connectivity index (χ1n) is 12.4. The Kier molecular flexibility index (Phi) is 6.99. The van der Waals surface area contributed by atoms with E-state index >= 15 is 0 Å². The van der Waals surface area contributed by atoms with Gasteiger partial charge in [0.2, 0.25) is 5.95 Å². The summed E-state index contributed by atoms with van der Waals surface area (Å²) in [5, 5.41) is 3.35.